The molecule has 0 aliphatic rings. The number of hydrogen-bond acceptors (Lipinski definition) is 0. The first-order chi connectivity index (χ1) is 5.54. The fourth-order valence-electron chi connectivity index (χ4n) is 0.959. The molecule has 0 aromatic rings. The lowest BCUT2D eigenvalue weighted by atomic mass is 9.86. The molecule has 0 atom stereocenters. The van der Waals surface area contributed by atoms with E-state index >= 15 is 0 Å². The van der Waals surface area contributed by atoms with Gasteiger partial charge in [-0.1, -0.05) is 30.7 Å². The second-order valence-corrected chi connectivity index (χ2v) is 3.73. The lowest BCUT2D eigenvalue weighted by Gasteiger charge is -2.19. The Morgan fingerprint density at radius 1 is 1.25 bits per heavy atom. The second kappa shape index (κ2) is 4.97. The largest absolute Gasteiger partial charge is 0.102 e. The predicted molar refractivity (Wildman–Crippen MR) is 57.2 cm³/mol. The van der Waals surface area contributed by atoms with E-state index < -0.39 is 0 Å². The molecule has 0 fully saturated rings. The van der Waals surface area contributed by atoms with Crippen molar-refractivity contribution in [1.82, 2.24) is 0 Å². The van der Waals surface area contributed by atoms with Gasteiger partial charge >= 0.3 is 0 Å². The molecular weight excluding hydrogens is 144 g/mol. The smallest absolute Gasteiger partial charge is 0.00303 e. The van der Waals surface area contributed by atoms with Crippen LogP contribution in [0.2, 0.25) is 0 Å². The van der Waals surface area contributed by atoms with E-state index in [1.165, 1.54) is 5.57 Å². The topological polar surface area (TPSA) is 0 Å². The zero-order valence-corrected chi connectivity index (χ0v) is 8.56. The van der Waals surface area contributed by atoms with Gasteiger partial charge in [0.05, 0.1) is 0 Å². The van der Waals surface area contributed by atoms with Gasteiger partial charge in [-0.15, -0.1) is 13.2 Å². The summed E-state index contributed by atoms with van der Waals surface area (Å²) < 4.78 is 0. The highest BCUT2D eigenvalue weighted by molar-refractivity contribution is 5.05. The van der Waals surface area contributed by atoms with Crippen LogP contribution in [0.3, 0.4) is 0 Å². The normalized spacial score (nSPS) is 10.6. The van der Waals surface area contributed by atoms with E-state index in [-0.39, 0.29) is 5.41 Å². The van der Waals surface area contributed by atoms with E-state index in [4.69, 9.17) is 0 Å². The summed E-state index contributed by atoms with van der Waals surface area (Å²) in [6, 6.07) is 0. The molecule has 68 valence electrons. The van der Waals surface area contributed by atoms with Gasteiger partial charge in [-0.25, -0.2) is 0 Å². The Labute approximate surface area is 76.7 Å². The third-order valence-electron chi connectivity index (χ3n) is 2.17. The van der Waals surface area contributed by atoms with Gasteiger partial charge < -0.3 is 0 Å². The summed E-state index contributed by atoms with van der Waals surface area (Å²) in [6.45, 7) is 14.0. The summed E-state index contributed by atoms with van der Waals surface area (Å²) in [6.07, 6.45) is 8.41. The van der Waals surface area contributed by atoms with Crippen LogP contribution < -0.4 is 0 Å². The van der Waals surface area contributed by atoms with E-state index in [2.05, 4.69) is 40.0 Å². The van der Waals surface area contributed by atoms with Crippen molar-refractivity contribution in [1.29, 1.82) is 0 Å². The van der Waals surface area contributed by atoms with Gasteiger partial charge in [0.2, 0.25) is 0 Å². The van der Waals surface area contributed by atoms with E-state index in [0.717, 1.165) is 12.8 Å². The Hall–Kier alpha value is -0.780. The molecule has 0 aromatic carbocycles. The maximum absolute atomic E-state index is 3.81. The summed E-state index contributed by atoms with van der Waals surface area (Å²) in [5.41, 5.74) is 1.48. The molecule has 0 aromatic heterocycles. The van der Waals surface area contributed by atoms with Crippen LogP contribution in [0, 0.1) is 5.41 Å². The molecule has 0 radical (unpaired) electrons. The van der Waals surface area contributed by atoms with Gasteiger partial charge in [0, 0.05) is 5.41 Å². The van der Waals surface area contributed by atoms with E-state index in [1.807, 2.05) is 12.2 Å². The monoisotopic (exact) mass is 164 g/mol. The minimum Gasteiger partial charge on any atom is -0.102 e. The Morgan fingerprint density at radius 3 is 2.08 bits per heavy atom. The fourth-order valence-corrected chi connectivity index (χ4v) is 0.959. The van der Waals surface area contributed by atoms with Crippen molar-refractivity contribution in [2.75, 3.05) is 0 Å². The van der Waals surface area contributed by atoms with Crippen LogP contribution in [0.15, 0.2) is 37.0 Å². The molecule has 0 unspecified atom stereocenters. The molecule has 0 bridgehead atoms. The first kappa shape index (κ1) is 11.2. The van der Waals surface area contributed by atoms with Gasteiger partial charge in [0.15, 0.2) is 0 Å². The molecule has 0 aliphatic heterocycles. The summed E-state index contributed by atoms with van der Waals surface area (Å²) in [4.78, 5) is 0. The standard InChI is InChI=1S/C12H20/c1-6-12(5,7-2)10-8-9-11(3)4/h6-7,9H,1-2,8,10H2,3-5H3. The van der Waals surface area contributed by atoms with Gasteiger partial charge in [0.1, 0.15) is 0 Å². The Balaban J connectivity index is 3.98. The maximum atomic E-state index is 3.81. The first-order valence-electron chi connectivity index (χ1n) is 4.44. The lowest BCUT2D eigenvalue weighted by molar-refractivity contribution is 0.507. The average molecular weight is 164 g/mol. The van der Waals surface area contributed by atoms with E-state index in [9.17, 15) is 0 Å². The molecule has 0 nitrogen and oxygen atoms in total. The highest BCUT2D eigenvalue weighted by atomic mass is 14.2. The predicted octanol–water partition coefficient (Wildman–Crippen LogP) is 4.11. The number of allylic oxidation sites excluding steroid dienone is 4. The van der Waals surface area contributed by atoms with Crippen LogP contribution in [0.5, 0.6) is 0 Å². The average Bonchev–Trinajstić information content (AvgIpc) is 2.03. The van der Waals surface area contributed by atoms with Crippen molar-refractivity contribution in [3.8, 4) is 0 Å². The summed E-state index contributed by atoms with van der Waals surface area (Å²) in [7, 11) is 0. The lowest BCUT2D eigenvalue weighted by Crippen LogP contribution is -2.07. The van der Waals surface area contributed by atoms with Crippen molar-refractivity contribution in [2.24, 2.45) is 5.41 Å². The van der Waals surface area contributed by atoms with Gasteiger partial charge in [-0.3, -0.25) is 0 Å². The molecule has 0 spiro atoms. The zero-order chi connectivity index (χ0) is 9.61. The molecule has 0 rings (SSSR count). The van der Waals surface area contributed by atoms with Crippen molar-refractivity contribution in [2.45, 2.75) is 33.6 Å². The van der Waals surface area contributed by atoms with Crippen LogP contribution in [0.25, 0.3) is 0 Å². The SMILES string of the molecule is C=CC(C)(C=C)CCC=C(C)C. The van der Waals surface area contributed by atoms with E-state index in [1.54, 1.807) is 0 Å². The molecule has 0 heteroatoms. The Kier molecular flexibility index (Phi) is 4.65. The molecule has 0 saturated heterocycles. The molecule has 0 saturated carbocycles. The van der Waals surface area contributed by atoms with Crippen LogP contribution in [-0.2, 0) is 0 Å². The molecule has 12 heavy (non-hydrogen) atoms. The Morgan fingerprint density at radius 2 is 1.75 bits per heavy atom. The molecule has 0 amide bonds. The van der Waals surface area contributed by atoms with Crippen molar-refractivity contribution < 1.29 is 0 Å². The van der Waals surface area contributed by atoms with Crippen molar-refractivity contribution >= 4 is 0 Å². The molecular formula is C12H20. The fraction of sp³-hybridized carbons (Fsp3) is 0.500. The van der Waals surface area contributed by atoms with Crippen LogP contribution in [0.1, 0.15) is 33.6 Å². The minimum absolute atomic E-state index is 0.103. The van der Waals surface area contributed by atoms with Gasteiger partial charge in [0.25, 0.3) is 0 Å². The summed E-state index contributed by atoms with van der Waals surface area (Å²) in [5.74, 6) is 0. The highest BCUT2D eigenvalue weighted by Gasteiger charge is 2.13. The second-order valence-electron chi connectivity index (χ2n) is 3.73. The molecule has 0 heterocycles. The quantitative estimate of drug-likeness (QED) is 0.536. The minimum atomic E-state index is 0.103. The van der Waals surface area contributed by atoms with Crippen LogP contribution in [-0.4, -0.2) is 0 Å². The molecule has 0 N–H and O–H groups in total. The third-order valence-corrected chi connectivity index (χ3v) is 2.17. The van der Waals surface area contributed by atoms with Crippen molar-refractivity contribution in [3.63, 3.8) is 0 Å². The summed E-state index contributed by atoms with van der Waals surface area (Å²) >= 11 is 0. The van der Waals surface area contributed by atoms with Crippen LogP contribution >= 0.6 is 0 Å². The van der Waals surface area contributed by atoms with Gasteiger partial charge in [-0.05, 0) is 26.7 Å². The maximum Gasteiger partial charge on any atom is 0.00303 e. The van der Waals surface area contributed by atoms with Crippen molar-refractivity contribution in [3.05, 3.63) is 37.0 Å². The zero-order valence-electron chi connectivity index (χ0n) is 8.56. The third kappa shape index (κ3) is 4.17. The van der Waals surface area contributed by atoms with E-state index in [0.29, 0.717) is 0 Å². The Bertz CT molecular complexity index is 172. The number of hydrogen-bond donors (Lipinski definition) is 0. The summed E-state index contributed by atoms with van der Waals surface area (Å²) in [5, 5.41) is 0. The van der Waals surface area contributed by atoms with Gasteiger partial charge in [-0.2, -0.15) is 0 Å². The highest BCUT2D eigenvalue weighted by Crippen LogP contribution is 2.25. The first-order valence-corrected chi connectivity index (χ1v) is 4.44. The molecule has 0 aliphatic carbocycles. The van der Waals surface area contributed by atoms with Crippen LogP contribution in [0.4, 0.5) is 0 Å². The number of rotatable bonds is 5.